The fourth-order valence-corrected chi connectivity index (χ4v) is 2.08. The SMILES string of the molecule is O=C(O)c1ccc2nc(/C=C/c3ccccc3)cc(=O)n2c1. The first kappa shape index (κ1) is 13.8. The molecule has 22 heavy (non-hydrogen) atoms. The van der Waals surface area contributed by atoms with Gasteiger partial charge in [-0.3, -0.25) is 9.20 Å². The third kappa shape index (κ3) is 2.78. The highest BCUT2D eigenvalue weighted by atomic mass is 16.4. The second-order valence-corrected chi connectivity index (χ2v) is 4.71. The van der Waals surface area contributed by atoms with E-state index in [9.17, 15) is 9.59 Å². The van der Waals surface area contributed by atoms with Gasteiger partial charge < -0.3 is 5.11 Å². The molecule has 1 aromatic carbocycles. The van der Waals surface area contributed by atoms with Crippen molar-refractivity contribution in [3.05, 3.63) is 81.9 Å². The van der Waals surface area contributed by atoms with Crippen LogP contribution in [-0.2, 0) is 0 Å². The van der Waals surface area contributed by atoms with Gasteiger partial charge in [0.1, 0.15) is 5.65 Å². The van der Waals surface area contributed by atoms with Gasteiger partial charge in [-0.15, -0.1) is 0 Å². The van der Waals surface area contributed by atoms with Crippen LogP contribution in [0.5, 0.6) is 0 Å². The third-order valence-electron chi connectivity index (χ3n) is 3.17. The molecule has 0 aliphatic heterocycles. The summed E-state index contributed by atoms with van der Waals surface area (Å²) in [6, 6.07) is 14.0. The fraction of sp³-hybridized carbons (Fsp3) is 0. The Kier molecular flexibility index (Phi) is 3.53. The number of carboxylic acids is 1. The number of fused-ring (bicyclic) bond motifs is 1. The molecule has 3 aromatic rings. The van der Waals surface area contributed by atoms with Crippen LogP contribution in [0, 0.1) is 0 Å². The Morgan fingerprint density at radius 2 is 1.86 bits per heavy atom. The number of pyridine rings is 1. The van der Waals surface area contributed by atoms with Gasteiger partial charge in [-0.25, -0.2) is 9.78 Å². The van der Waals surface area contributed by atoms with Gasteiger partial charge in [0.25, 0.3) is 5.56 Å². The lowest BCUT2D eigenvalue weighted by molar-refractivity contribution is 0.0696. The zero-order valence-electron chi connectivity index (χ0n) is 11.5. The van der Waals surface area contributed by atoms with E-state index in [0.29, 0.717) is 11.3 Å². The summed E-state index contributed by atoms with van der Waals surface area (Å²) in [4.78, 5) is 27.4. The maximum Gasteiger partial charge on any atom is 0.337 e. The maximum absolute atomic E-state index is 12.1. The van der Waals surface area contributed by atoms with Crippen LogP contribution in [-0.4, -0.2) is 20.5 Å². The Balaban J connectivity index is 2.03. The number of aromatic nitrogens is 2. The minimum Gasteiger partial charge on any atom is -0.478 e. The summed E-state index contributed by atoms with van der Waals surface area (Å²) in [7, 11) is 0. The first-order chi connectivity index (χ1) is 10.6. The van der Waals surface area contributed by atoms with E-state index in [1.807, 2.05) is 36.4 Å². The monoisotopic (exact) mass is 292 g/mol. The van der Waals surface area contributed by atoms with Crippen molar-refractivity contribution in [1.29, 1.82) is 0 Å². The molecule has 5 heteroatoms. The summed E-state index contributed by atoms with van der Waals surface area (Å²) in [6.07, 6.45) is 4.89. The minimum absolute atomic E-state index is 0.0453. The first-order valence-corrected chi connectivity index (χ1v) is 6.63. The Bertz CT molecular complexity index is 928. The molecule has 2 heterocycles. The highest BCUT2D eigenvalue weighted by Crippen LogP contribution is 2.07. The second-order valence-electron chi connectivity index (χ2n) is 4.71. The Hall–Kier alpha value is -3.21. The molecule has 0 atom stereocenters. The predicted molar refractivity (Wildman–Crippen MR) is 83.8 cm³/mol. The summed E-state index contributed by atoms with van der Waals surface area (Å²) in [5.74, 6) is -1.08. The number of carbonyl (C=O) groups is 1. The van der Waals surface area contributed by atoms with Crippen molar-refractivity contribution in [3.63, 3.8) is 0 Å². The molecule has 0 aliphatic carbocycles. The van der Waals surface area contributed by atoms with Crippen LogP contribution in [0.1, 0.15) is 21.6 Å². The molecule has 2 aromatic heterocycles. The van der Waals surface area contributed by atoms with E-state index in [2.05, 4.69) is 4.98 Å². The van der Waals surface area contributed by atoms with E-state index in [1.54, 1.807) is 6.08 Å². The van der Waals surface area contributed by atoms with Gasteiger partial charge >= 0.3 is 5.97 Å². The molecule has 0 amide bonds. The summed E-state index contributed by atoms with van der Waals surface area (Å²) in [5.41, 5.74) is 1.66. The van der Waals surface area contributed by atoms with Crippen molar-refractivity contribution < 1.29 is 9.90 Å². The average molecular weight is 292 g/mol. The van der Waals surface area contributed by atoms with E-state index in [-0.39, 0.29) is 11.1 Å². The Morgan fingerprint density at radius 3 is 2.59 bits per heavy atom. The number of nitrogens with zero attached hydrogens (tertiary/aromatic N) is 2. The number of hydrogen-bond acceptors (Lipinski definition) is 3. The molecular formula is C17H12N2O3. The average Bonchev–Trinajstić information content (AvgIpc) is 2.53. The van der Waals surface area contributed by atoms with Crippen LogP contribution in [0.15, 0.2) is 59.5 Å². The zero-order chi connectivity index (χ0) is 15.5. The molecule has 0 aliphatic rings. The third-order valence-corrected chi connectivity index (χ3v) is 3.17. The number of hydrogen-bond donors (Lipinski definition) is 1. The summed E-state index contributed by atoms with van der Waals surface area (Å²) >= 11 is 0. The quantitative estimate of drug-likeness (QED) is 0.805. The van der Waals surface area contributed by atoms with Crippen molar-refractivity contribution in [2.45, 2.75) is 0 Å². The van der Waals surface area contributed by atoms with Gasteiger partial charge in [0.2, 0.25) is 0 Å². The fourth-order valence-electron chi connectivity index (χ4n) is 2.08. The van der Waals surface area contributed by atoms with Crippen LogP contribution >= 0.6 is 0 Å². The highest BCUT2D eigenvalue weighted by molar-refractivity contribution is 5.87. The summed E-state index contributed by atoms with van der Waals surface area (Å²) in [5, 5.41) is 8.95. The predicted octanol–water partition coefficient (Wildman–Crippen LogP) is 2.56. The van der Waals surface area contributed by atoms with Crippen LogP contribution < -0.4 is 5.56 Å². The van der Waals surface area contributed by atoms with Gasteiger partial charge in [0, 0.05) is 12.3 Å². The molecule has 3 rings (SSSR count). The van der Waals surface area contributed by atoms with Crippen molar-refractivity contribution in [2.24, 2.45) is 0 Å². The standard InChI is InChI=1S/C17H12N2O3/c20-16-10-14(8-6-12-4-2-1-3-5-12)18-15-9-7-13(17(21)22)11-19(15)16/h1-11H,(H,21,22)/b8-6+. The molecule has 0 bridgehead atoms. The van der Waals surface area contributed by atoms with Gasteiger partial charge in [0.15, 0.2) is 0 Å². The van der Waals surface area contributed by atoms with Crippen molar-refractivity contribution >= 4 is 23.8 Å². The molecule has 5 nitrogen and oxygen atoms in total. The van der Waals surface area contributed by atoms with Crippen molar-refractivity contribution in [2.75, 3.05) is 0 Å². The summed E-state index contributed by atoms with van der Waals surface area (Å²) < 4.78 is 1.23. The van der Waals surface area contributed by atoms with Crippen molar-refractivity contribution in [3.8, 4) is 0 Å². The van der Waals surface area contributed by atoms with E-state index in [0.717, 1.165) is 5.56 Å². The molecule has 0 saturated heterocycles. The van der Waals surface area contributed by atoms with E-state index >= 15 is 0 Å². The van der Waals surface area contributed by atoms with Crippen LogP contribution in [0.2, 0.25) is 0 Å². The minimum atomic E-state index is -1.08. The van der Waals surface area contributed by atoms with E-state index in [4.69, 9.17) is 5.11 Å². The first-order valence-electron chi connectivity index (χ1n) is 6.63. The number of rotatable bonds is 3. The zero-order valence-corrected chi connectivity index (χ0v) is 11.5. The molecule has 108 valence electrons. The highest BCUT2D eigenvalue weighted by Gasteiger charge is 2.06. The maximum atomic E-state index is 12.1. The normalized spacial score (nSPS) is 11.1. The van der Waals surface area contributed by atoms with Gasteiger partial charge in [-0.2, -0.15) is 0 Å². The molecular weight excluding hydrogens is 280 g/mol. The summed E-state index contributed by atoms with van der Waals surface area (Å²) in [6.45, 7) is 0. The van der Waals surface area contributed by atoms with Gasteiger partial charge in [-0.1, -0.05) is 36.4 Å². The number of benzene rings is 1. The van der Waals surface area contributed by atoms with Crippen LogP contribution in [0.3, 0.4) is 0 Å². The smallest absolute Gasteiger partial charge is 0.337 e. The van der Waals surface area contributed by atoms with E-state index in [1.165, 1.54) is 28.8 Å². The van der Waals surface area contributed by atoms with Gasteiger partial charge in [-0.05, 0) is 23.8 Å². The molecule has 1 N–H and O–H groups in total. The molecule has 0 radical (unpaired) electrons. The second kappa shape index (κ2) is 5.65. The van der Waals surface area contributed by atoms with Crippen molar-refractivity contribution in [1.82, 2.24) is 9.38 Å². The number of carboxylic acid groups (broad SMARTS) is 1. The number of aromatic carboxylic acids is 1. The van der Waals surface area contributed by atoms with E-state index < -0.39 is 5.97 Å². The largest absolute Gasteiger partial charge is 0.478 e. The molecule has 0 saturated carbocycles. The topological polar surface area (TPSA) is 71.7 Å². The lowest BCUT2D eigenvalue weighted by Gasteiger charge is -2.02. The Morgan fingerprint density at radius 1 is 1.09 bits per heavy atom. The molecule has 0 unspecified atom stereocenters. The lowest BCUT2D eigenvalue weighted by atomic mass is 10.2. The molecule has 0 fully saturated rings. The van der Waals surface area contributed by atoms with Crippen LogP contribution in [0.4, 0.5) is 0 Å². The van der Waals surface area contributed by atoms with Gasteiger partial charge in [0.05, 0.1) is 11.3 Å². The molecule has 0 spiro atoms. The van der Waals surface area contributed by atoms with Crippen LogP contribution in [0.25, 0.3) is 17.8 Å². The lowest BCUT2D eigenvalue weighted by Crippen LogP contribution is -2.15. The Labute approximate surface area is 125 Å².